The van der Waals surface area contributed by atoms with E-state index < -0.39 is 0 Å². The Hall–Kier alpha value is -0.470. The van der Waals surface area contributed by atoms with Crippen molar-refractivity contribution in [2.75, 3.05) is 12.4 Å². The van der Waals surface area contributed by atoms with Crippen LogP contribution in [0.2, 0.25) is 0 Å². The Morgan fingerprint density at radius 2 is 2.18 bits per heavy atom. The van der Waals surface area contributed by atoms with Crippen molar-refractivity contribution in [3.05, 3.63) is 29.8 Å². The van der Waals surface area contributed by atoms with Crippen molar-refractivity contribution in [2.45, 2.75) is 11.5 Å². The van der Waals surface area contributed by atoms with Crippen molar-refractivity contribution in [1.82, 2.24) is 0 Å². The Balaban J connectivity index is 2.33. The standard InChI is InChI=1S/C9H10OS/c1-2-4-9-8(3-1)7-10-5-6-11-9/h1-4H,5-7H2. The summed E-state index contributed by atoms with van der Waals surface area (Å²) in [6.45, 7) is 1.66. The summed E-state index contributed by atoms with van der Waals surface area (Å²) in [6, 6.07) is 8.44. The van der Waals surface area contributed by atoms with Crippen molar-refractivity contribution >= 4 is 11.8 Å². The molecule has 1 aromatic rings. The highest BCUT2D eigenvalue weighted by Crippen LogP contribution is 2.25. The lowest BCUT2D eigenvalue weighted by atomic mass is 10.2. The molecule has 0 spiro atoms. The van der Waals surface area contributed by atoms with E-state index in [-0.39, 0.29) is 0 Å². The molecule has 0 radical (unpaired) electrons. The van der Waals surface area contributed by atoms with Gasteiger partial charge < -0.3 is 4.74 Å². The average Bonchev–Trinajstić information content (AvgIpc) is 2.28. The summed E-state index contributed by atoms with van der Waals surface area (Å²) in [6.07, 6.45) is 0. The second-order valence-electron chi connectivity index (χ2n) is 2.51. The molecule has 1 aliphatic heterocycles. The van der Waals surface area contributed by atoms with Gasteiger partial charge in [0.15, 0.2) is 0 Å². The van der Waals surface area contributed by atoms with Gasteiger partial charge in [0.1, 0.15) is 0 Å². The first-order valence-corrected chi connectivity index (χ1v) is 4.74. The van der Waals surface area contributed by atoms with Crippen LogP contribution in [0.15, 0.2) is 29.2 Å². The fourth-order valence-corrected chi connectivity index (χ4v) is 2.06. The monoisotopic (exact) mass is 166 g/mol. The maximum atomic E-state index is 5.40. The molecule has 1 aromatic carbocycles. The van der Waals surface area contributed by atoms with E-state index in [2.05, 4.69) is 24.3 Å². The van der Waals surface area contributed by atoms with Gasteiger partial charge in [-0.1, -0.05) is 18.2 Å². The van der Waals surface area contributed by atoms with Crippen LogP contribution in [0.3, 0.4) is 0 Å². The minimum absolute atomic E-state index is 0.781. The zero-order valence-electron chi connectivity index (χ0n) is 6.25. The van der Waals surface area contributed by atoms with E-state index in [0.717, 1.165) is 19.0 Å². The van der Waals surface area contributed by atoms with Gasteiger partial charge in [0.25, 0.3) is 0 Å². The first-order valence-electron chi connectivity index (χ1n) is 3.75. The second kappa shape index (κ2) is 3.28. The van der Waals surface area contributed by atoms with Gasteiger partial charge in [-0.3, -0.25) is 0 Å². The lowest BCUT2D eigenvalue weighted by molar-refractivity contribution is 0.137. The predicted octanol–water partition coefficient (Wildman–Crippen LogP) is 2.31. The number of hydrogen-bond donors (Lipinski definition) is 0. The highest BCUT2D eigenvalue weighted by Gasteiger charge is 2.05. The number of ether oxygens (including phenoxy) is 1. The van der Waals surface area contributed by atoms with Crippen LogP contribution < -0.4 is 0 Å². The second-order valence-corrected chi connectivity index (χ2v) is 3.65. The smallest absolute Gasteiger partial charge is 0.0728 e. The first-order chi connectivity index (χ1) is 5.47. The normalized spacial score (nSPS) is 17.1. The van der Waals surface area contributed by atoms with Crippen LogP contribution in [0.25, 0.3) is 0 Å². The molecule has 2 rings (SSSR count). The third-order valence-corrected chi connectivity index (χ3v) is 2.80. The van der Waals surface area contributed by atoms with Crippen LogP contribution in [-0.4, -0.2) is 12.4 Å². The molecule has 0 aliphatic carbocycles. The number of fused-ring (bicyclic) bond motifs is 1. The number of rotatable bonds is 0. The Kier molecular flexibility index (Phi) is 2.15. The van der Waals surface area contributed by atoms with Gasteiger partial charge in [-0.2, -0.15) is 0 Å². The summed E-state index contributed by atoms with van der Waals surface area (Å²) in [7, 11) is 0. The molecular formula is C9H10OS. The molecule has 0 N–H and O–H groups in total. The summed E-state index contributed by atoms with van der Waals surface area (Å²) >= 11 is 1.88. The van der Waals surface area contributed by atoms with Gasteiger partial charge in [0.2, 0.25) is 0 Å². The summed E-state index contributed by atoms with van der Waals surface area (Å²) in [5.74, 6) is 1.08. The summed E-state index contributed by atoms with van der Waals surface area (Å²) < 4.78 is 5.40. The topological polar surface area (TPSA) is 9.23 Å². The lowest BCUT2D eigenvalue weighted by Gasteiger charge is -2.01. The Bertz CT molecular complexity index is 222. The summed E-state index contributed by atoms with van der Waals surface area (Å²) in [4.78, 5) is 1.38. The maximum Gasteiger partial charge on any atom is 0.0728 e. The molecule has 0 unspecified atom stereocenters. The number of thioether (sulfide) groups is 1. The molecule has 0 saturated heterocycles. The van der Waals surface area contributed by atoms with Gasteiger partial charge in [0.05, 0.1) is 13.2 Å². The van der Waals surface area contributed by atoms with Gasteiger partial charge in [-0.15, -0.1) is 11.8 Å². The Labute approximate surface area is 70.8 Å². The van der Waals surface area contributed by atoms with E-state index in [1.165, 1.54) is 10.5 Å². The van der Waals surface area contributed by atoms with Crippen molar-refractivity contribution < 1.29 is 4.74 Å². The molecule has 1 aliphatic rings. The van der Waals surface area contributed by atoms with Crippen LogP contribution in [0.4, 0.5) is 0 Å². The minimum atomic E-state index is 0.781. The molecule has 11 heavy (non-hydrogen) atoms. The summed E-state index contributed by atoms with van der Waals surface area (Å²) in [5, 5.41) is 0. The molecule has 2 heteroatoms. The van der Waals surface area contributed by atoms with E-state index in [0.29, 0.717) is 0 Å². The zero-order chi connectivity index (χ0) is 7.52. The summed E-state index contributed by atoms with van der Waals surface area (Å²) in [5.41, 5.74) is 1.33. The number of benzene rings is 1. The quantitative estimate of drug-likeness (QED) is 0.585. The van der Waals surface area contributed by atoms with Gasteiger partial charge in [-0.25, -0.2) is 0 Å². The van der Waals surface area contributed by atoms with Crippen molar-refractivity contribution in [3.8, 4) is 0 Å². The van der Waals surface area contributed by atoms with E-state index in [1.807, 2.05) is 11.8 Å². The molecule has 58 valence electrons. The molecule has 0 bridgehead atoms. The number of hydrogen-bond acceptors (Lipinski definition) is 2. The van der Waals surface area contributed by atoms with Crippen LogP contribution in [0, 0.1) is 0 Å². The average molecular weight is 166 g/mol. The van der Waals surface area contributed by atoms with E-state index in [4.69, 9.17) is 4.74 Å². The van der Waals surface area contributed by atoms with Crippen molar-refractivity contribution in [3.63, 3.8) is 0 Å². The fraction of sp³-hybridized carbons (Fsp3) is 0.333. The van der Waals surface area contributed by atoms with Crippen molar-refractivity contribution in [2.24, 2.45) is 0 Å². The molecule has 0 amide bonds. The fourth-order valence-electron chi connectivity index (χ4n) is 1.16. The zero-order valence-corrected chi connectivity index (χ0v) is 7.06. The van der Waals surface area contributed by atoms with E-state index in [9.17, 15) is 0 Å². The first kappa shape index (κ1) is 7.19. The van der Waals surface area contributed by atoms with Crippen LogP contribution in [0.1, 0.15) is 5.56 Å². The molecule has 0 saturated carbocycles. The van der Waals surface area contributed by atoms with E-state index >= 15 is 0 Å². The third kappa shape index (κ3) is 1.57. The van der Waals surface area contributed by atoms with Gasteiger partial charge in [0, 0.05) is 10.6 Å². The Morgan fingerprint density at radius 3 is 3.18 bits per heavy atom. The van der Waals surface area contributed by atoms with E-state index in [1.54, 1.807) is 0 Å². The molecule has 0 fully saturated rings. The molecule has 1 nitrogen and oxygen atoms in total. The van der Waals surface area contributed by atoms with Crippen LogP contribution in [0.5, 0.6) is 0 Å². The molecular weight excluding hydrogens is 156 g/mol. The lowest BCUT2D eigenvalue weighted by Crippen LogP contribution is -1.92. The van der Waals surface area contributed by atoms with Gasteiger partial charge in [-0.05, 0) is 11.6 Å². The third-order valence-electron chi connectivity index (χ3n) is 1.72. The maximum absolute atomic E-state index is 5.40. The highest BCUT2D eigenvalue weighted by molar-refractivity contribution is 7.99. The minimum Gasteiger partial charge on any atom is -0.376 e. The molecule has 0 aromatic heterocycles. The Morgan fingerprint density at radius 1 is 1.27 bits per heavy atom. The SMILES string of the molecule is c1ccc2c(c1)COCCS2. The van der Waals surface area contributed by atoms with Gasteiger partial charge >= 0.3 is 0 Å². The van der Waals surface area contributed by atoms with Crippen LogP contribution >= 0.6 is 11.8 Å². The van der Waals surface area contributed by atoms with Crippen molar-refractivity contribution in [1.29, 1.82) is 0 Å². The highest BCUT2D eigenvalue weighted by atomic mass is 32.2. The predicted molar refractivity (Wildman–Crippen MR) is 46.8 cm³/mol. The van der Waals surface area contributed by atoms with Crippen LogP contribution in [-0.2, 0) is 11.3 Å². The largest absolute Gasteiger partial charge is 0.376 e. The molecule has 0 atom stereocenters. The molecule has 1 heterocycles.